The van der Waals surface area contributed by atoms with Crippen molar-refractivity contribution in [2.45, 2.75) is 5.37 Å². The zero-order chi connectivity index (χ0) is 16.0. The normalized spacial score (nSPS) is 19.5. The number of anilines is 1. The summed E-state index contributed by atoms with van der Waals surface area (Å²) >= 11 is 14.2. The van der Waals surface area contributed by atoms with Crippen molar-refractivity contribution >= 4 is 46.6 Å². The number of carbonyl (C=O) groups excluding carboxylic acids is 1. The quantitative estimate of drug-likeness (QED) is 0.783. The minimum atomic E-state index is -0.260. The van der Waals surface area contributed by atoms with Gasteiger partial charge in [-0.1, -0.05) is 29.3 Å². The molecular weight excluding hydrogens is 357 g/mol. The minimum Gasteiger partial charge on any atom is -0.454 e. The highest BCUT2D eigenvalue weighted by atomic mass is 35.5. The number of hydrogen-bond acceptors (Lipinski definition) is 4. The number of hydrogen-bond donors (Lipinski definition) is 0. The highest BCUT2D eigenvalue weighted by molar-refractivity contribution is 8.00. The number of amides is 1. The van der Waals surface area contributed by atoms with E-state index in [0.717, 1.165) is 11.3 Å². The van der Waals surface area contributed by atoms with E-state index in [-0.39, 0.29) is 18.1 Å². The van der Waals surface area contributed by atoms with Gasteiger partial charge in [-0.15, -0.1) is 11.8 Å². The van der Waals surface area contributed by atoms with Gasteiger partial charge in [-0.3, -0.25) is 9.69 Å². The highest BCUT2D eigenvalue weighted by Crippen LogP contribution is 2.48. The largest absolute Gasteiger partial charge is 0.454 e. The third-order valence-corrected chi connectivity index (χ3v) is 5.58. The van der Waals surface area contributed by atoms with Crippen LogP contribution in [0, 0.1) is 0 Å². The van der Waals surface area contributed by atoms with Crippen molar-refractivity contribution in [1.29, 1.82) is 0 Å². The van der Waals surface area contributed by atoms with Crippen molar-refractivity contribution < 1.29 is 14.3 Å². The molecule has 0 aliphatic carbocycles. The Labute approximate surface area is 147 Å². The average Bonchev–Trinajstić information content (AvgIpc) is 3.13. The molecule has 2 aromatic rings. The third kappa shape index (κ3) is 2.53. The van der Waals surface area contributed by atoms with Gasteiger partial charge in [0.05, 0.1) is 5.75 Å². The molecule has 0 radical (unpaired) electrons. The van der Waals surface area contributed by atoms with Gasteiger partial charge < -0.3 is 9.47 Å². The van der Waals surface area contributed by atoms with Gasteiger partial charge in [0, 0.05) is 27.4 Å². The molecule has 23 heavy (non-hydrogen) atoms. The van der Waals surface area contributed by atoms with Crippen molar-refractivity contribution in [2.75, 3.05) is 17.4 Å². The second kappa shape index (κ2) is 5.82. The summed E-state index contributed by atoms with van der Waals surface area (Å²) < 4.78 is 10.7. The number of benzene rings is 2. The Morgan fingerprint density at radius 3 is 2.61 bits per heavy atom. The summed E-state index contributed by atoms with van der Waals surface area (Å²) in [6, 6.07) is 10.8. The molecule has 1 atom stereocenters. The molecule has 2 aromatic carbocycles. The maximum Gasteiger partial charge on any atom is 0.238 e. The fraction of sp³-hybridized carbons (Fsp3) is 0.188. The van der Waals surface area contributed by atoms with Crippen LogP contribution >= 0.6 is 35.0 Å². The molecular formula is C16H11Cl2NO3S. The lowest BCUT2D eigenvalue weighted by molar-refractivity contribution is -0.115. The summed E-state index contributed by atoms with van der Waals surface area (Å²) in [6.45, 7) is 0.196. The molecule has 2 heterocycles. The molecule has 2 aliphatic heterocycles. The van der Waals surface area contributed by atoms with Gasteiger partial charge >= 0.3 is 0 Å². The van der Waals surface area contributed by atoms with Crippen LogP contribution in [-0.4, -0.2) is 18.5 Å². The predicted octanol–water partition coefficient (Wildman–Crippen LogP) is 4.50. The summed E-state index contributed by atoms with van der Waals surface area (Å²) in [4.78, 5) is 14.1. The molecule has 0 aromatic heterocycles. The van der Waals surface area contributed by atoms with E-state index in [2.05, 4.69) is 0 Å². The maximum atomic E-state index is 12.4. The van der Waals surface area contributed by atoms with Crippen LogP contribution in [-0.2, 0) is 4.79 Å². The number of nitrogens with zero attached hydrogens (tertiary/aromatic N) is 1. The molecule has 1 amide bonds. The van der Waals surface area contributed by atoms with E-state index in [1.54, 1.807) is 29.2 Å². The van der Waals surface area contributed by atoms with Crippen molar-refractivity contribution in [2.24, 2.45) is 0 Å². The van der Waals surface area contributed by atoms with Crippen molar-refractivity contribution in [3.05, 3.63) is 52.0 Å². The maximum absolute atomic E-state index is 12.4. The van der Waals surface area contributed by atoms with Crippen LogP contribution in [0.4, 0.5) is 5.69 Å². The summed E-state index contributed by atoms with van der Waals surface area (Å²) in [7, 11) is 0. The Balaban J connectivity index is 1.78. The van der Waals surface area contributed by atoms with E-state index >= 15 is 0 Å². The minimum absolute atomic E-state index is 0.00912. The van der Waals surface area contributed by atoms with Crippen LogP contribution in [0.5, 0.6) is 11.5 Å². The molecule has 0 bridgehead atoms. The molecule has 1 fully saturated rings. The first-order valence-electron chi connectivity index (χ1n) is 6.92. The molecule has 1 saturated heterocycles. The predicted molar refractivity (Wildman–Crippen MR) is 91.7 cm³/mol. The summed E-state index contributed by atoms with van der Waals surface area (Å²) in [5.74, 6) is 1.70. The van der Waals surface area contributed by atoms with Gasteiger partial charge in [0.25, 0.3) is 0 Å². The lowest BCUT2D eigenvalue weighted by Gasteiger charge is -2.26. The second-order valence-electron chi connectivity index (χ2n) is 5.10. The molecule has 4 nitrogen and oxygen atoms in total. The van der Waals surface area contributed by atoms with Gasteiger partial charge in [0.15, 0.2) is 11.5 Å². The average molecular weight is 368 g/mol. The lowest BCUT2D eigenvalue weighted by Crippen LogP contribution is -2.28. The van der Waals surface area contributed by atoms with Crippen LogP contribution in [0.3, 0.4) is 0 Å². The molecule has 4 rings (SSSR count). The van der Waals surface area contributed by atoms with Gasteiger partial charge in [-0.2, -0.15) is 0 Å². The standard InChI is InChI=1S/C16H11Cl2NO3S/c17-10-2-1-3-11(18)15(10)16-19(14(20)7-23-16)9-4-5-12-13(6-9)22-8-21-12/h1-6,16H,7-8H2. The van der Waals surface area contributed by atoms with Crippen LogP contribution in [0.2, 0.25) is 10.0 Å². The first kappa shape index (κ1) is 15.0. The van der Waals surface area contributed by atoms with Crippen molar-refractivity contribution in [3.8, 4) is 11.5 Å². The number of carbonyl (C=O) groups is 1. The molecule has 118 valence electrons. The van der Waals surface area contributed by atoms with Crippen LogP contribution in [0.25, 0.3) is 0 Å². The fourth-order valence-electron chi connectivity index (χ4n) is 2.70. The van der Waals surface area contributed by atoms with Gasteiger partial charge in [-0.05, 0) is 24.3 Å². The first-order valence-corrected chi connectivity index (χ1v) is 8.73. The third-order valence-electron chi connectivity index (χ3n) is 3.75. The number of thioether (sulfide) groups is 1. The van der Waals surface area contributed by atoms with E-state index in [4.69, 9.17) is 32.7 Å². The van der Waals surface area contributed by atoms with Crippen LogP contribution in [0.1, 0.15) is 10.9 Å². The van der Waals surface area contributed by atoms with E-state index in [1.165, 1.54) is 11.8 Å². The molecule has 0 N–H and O–H groups in total. The van der Waals surface area contributed by atoms with E-state index in [0.29, 0.717) is 27.3 Å². The fourth-order valence-corrected chi connectivity index (χ4v) is 4.68. The van der Waals surface area contributed by atoms with E-state index < -0.39 is 0 Å². The van der Waals surface area contributed by atoms with Gasteiger partial charge in [-0.25, -0.2) is 0 Å². The van der Waals surface area contributed by atoms with Gasteiger partial charge in [0.2, 0.25) is 12.7 Å². The number of rotatable bonds is 2. The molecule has 1 unspecified atom stereocenters. The molecule has 0 saturated carbocycles. The Morgan fingerprint density at radius 2 is 1.83 bits per heavy atom. The number of halogens is 2. The van der Waals surface area contributed by atoms with Crippen molar-refractivity contribution in [1.82, 2.24) is 0 Å². The Kier molecular flexibility index (Phi) is 3.79. The summed E-state index contributed by atoms with van der Waals surface area (Å²) in [5, 5.41) is 0.843. The number of fused-ring (bicyclic) bond motifs is 1. The van der Waals surface area contributed by atoms with E-state index in [1.807, 2.05) is 12.1 Å². The smallest absolute Gasteiger partial charge is 0.238 e. The van der Waals surface area contributed by atoms with Crippen LogP contribution in [0.15, 0.2) is 36.4 Å². The molecule has 2 aliphatic rings. The summed E-state index contributed by atoms with van der Waals surface area (Å²) in [6.07, 6.45) is 0. The van der Waals surface area contributed by atoms with Crippen molar-refractivity contribution in [3.63, 3.8) is 0 Å². The van der Waals surface area contributed by atoms with E-state index in [9.17, 15) is 4.79 Å². The molecule has 0 spiro atoms. The lowest BCUT2D eigenvalue weighted by atomic mass is 10.1. The zero-order valence-electron chi connectivity index (χ0n) is 11.8. The second-order valence-corrected chi connectivity index (χ2v) is 6.98. The Morgan fingerprint density at radius 1 is 1.09 bits per heavy atom. The van der Waals surface area contributed by atoms with Gasteiger partial charge in [0.1, 0.15) is 5.37 Å². The monoisotopic (exact) mass is 367 g/mol. The zero-order valence-corrected chi connectivity index (χ0v) is 14.1. The highest BCUT2D eigenvalue weighted by Gasteiger charge is 2.37. The first-order chi connectivity index (χ1) is 11.1. The number of ether oxygens (including phenoxy) is 2. The Hall–Kier alpha value is -1.56. The topological polar surface area (TPSA) is 38.8 Å². The van der Waals surface area contributed by atoms with Crippen LogP contribution < -0.4 is 14.4 Å². The SMILES string of the molecule is O=C1CSC(c2c(Cl)cccc2Cl)N1c1ccc2c(c1)OCO2. The summed E-state index contributed by atoms with van der Waals surface area (Å²) in [5.41, 5.74) is 1.49. The molecule has 7 heteroatoms. The Bertz CT molecular complexity index is 779.